The van der Waals surface area contributed by atoms with Gasteiger partial charge in [-0.05, 0) is 24.6 Å². The Labute approximate surface area is 210 Å². The number of pyridine rings is 2. The number of carbonyl (C=O) groups excluding carboxylic acids is 2. The van der Waals surface area contributed by atoms with Crippen LogP contribution >= 0.6 is 11.6 Å². The highest BCUT2D eigenvalue weighted by atomic mass is 35.5. The molecule has 2 amide bonds. The molecule has 2 N–H and O–H groups in total. The number of amides is 2. The van der Waals surface area contributed by atoms with Crippen molar-refractivity contribution in [1.82, 2.24) is 14.9 Å². The van der Waals surface area contributed by atoms with Gasteiger partial charge in [0.2, 0.25) is 11.3 Å². The lowest BCUT2D eigenvalue weighted by Crippen LogP contribution is -2.46. The number of aliphatic hydroxyl groups is 1. The van der Waals surface area contributed by atoms with Crippen LogP contribution in [-0.4, -0.2) is 51.3 Å². The normalized spacial score (nSPS) is 16.9. The van der Waals surface area contributed by atoms with Gasteiger partial charge in [-0.3, -0.25) is 23.9 Å². The van der Waals surface area contributed by atoms with Gasteiger partial charge >= 0.3 is 6.18 Å². The Morgan fingerprint density at radius 1 is 1.27 bits per heavy atom. The topological polar surface area (TPSA) is 105 Å². The summed E-state index contributed by atoms with van der Waals surface area (Å²) in [4.78, 5) is 43.5. The molecule has 0 radical (unpaired) electrons. The Morgan fingerprint density at radius 2 is 1.97 bits per heavy atom. The smallest absolute Gasteiger partial charge is 0.391 e. The summed E-state index contributed by atoms with van der Waals surface area (Å²) < 4.78 is 69.1. The zero-order valence-electron chi connectivity index (χ0n) is 18.9. The van der Waals surface area contributed by atoms with Crippen molar-refractivity contribution >= 4 is 40.3 Å². The minimum atomic E-state index is -4.80. The van der Waals surface area contributed by atoms with Gasteiger partial charge < -0.3 is 10.4 Å². The van der Waals surface area contributed by atoms with Crippen LogP contribution in [0, 0.1) is 11.6 Å². The molecule has 3 heterocycles. The molecule has 196 valence electrons. The Bertz CT molecular complexity index is 1450. The highest BCUT2D eigenvalue weighted by Gasteiger charge is 2.40. The van der Waals surface area contributed by atoms with Crippen LogP contribution in [0.4, 0.5) is 27.8 Å². The minimum absolute atomic E-state index is 0.0267. The van der Waals surface area contributed by atoms with Crippen LogP contribution in [0.25, 0.3) is 16.7 Å². The summed E-state index contributed by atoms with van der Waals surface area (Å²) in [6.07, 6.45) is -5.71. The summed E-state index contributed by atoms with van der Waals surface area (Å²) in [7, 11) is 0. The summed E-state index contributed by atoms with van der Waals surface area (Å²) in [6, 6.07) is 1.36. The molecule has 14 heteroatoms. The van der Waals surface area contributed by atoms with E-state index in [-0.39, 0.29) is 29.8 Å². The minimum Gasteiger partial charge on any atom is -0.391 e. The van der Waals surface area contributed by atoms with Crippen LogP contribution < -0.4 is 15.6 Å². The van der Waals surface area contributed by atoms with E-state index in [0.29, 0.717) is 6.07 Å². The van der Waals surface area contributed by atoms with E-state index < -0.39 is 69.9 Å². The quantitative estimate of drug-likeness (QED) is 0.479. The van der Waals surface area contributed by atoms with Crippen molar-refractivity contribution in [3.63, 3.8) is 0 Å². The number of aromatic nitrogens is 2. The largest absolute Gasteiger partial charge is 0.408 e. The predicted octanol–water partition coefficient (Wildman–Crippen LogP) is 3.49. The maximum absolute atomic E-state index is 14.9. The molecule has 8 nitrogen and oxygen atoms in total. The highest BCUT2D eigenvalue weighted by molar-refractivity contribution is 6.32. The predicted molar refractivity (Wildman–Crippen MR) is 123 cm³/mol. The highest BCUT2D eigenvalue weighted by Crippen LogP contribution is 2.30. The molecule has 0 spiro atoms. The average Bonchev–Trinajstić information content (AvgIpc) is 3.14. The van der Waals surface area contributed by atoms with Gasteiger partial charge in [0.05, 0.1) is 29.5 Å². The van der Waals surface area contributed by atoms with Crippen molar-refractivity contribution in [2.75, 3.05) is 11.4 Å². The second kappa shape index (κ2) is 9.71. The molecule has 1 aliphatic heterocycles. The number of halogens is 6. The van der Waals surface area contributed by atoms with Gasteiger partial charge in [-0.1, -0.05) is 18.5 Å². The lowest BCUT2D eigenvalue weighted by molar-refractivity contribution is -0.153. The number of β-amino-alcohol motifs (C(OH)–C–C–N with tert-alkyl or cyclic N) is 1. The van der Waals surface area contributed by atoms with Crippen molar-refractivity contribution in [3.05, 3.63) is 62.9 Å². The van der Waals surface area contributed by atoms with Gasteiger partial charge in [-0.15, -0.1) is 0 Å². The van der Waals surface area contributed by atoms with E-state index in [0.717, 1.165) is 27.8 Å². The summed E-state index contributed by atoms with van der Waals surface area (Å²) in [5.74, 6) is -4.14. The fourth-order valence-corrected chi connectivity index (χ4v) is 4.29. The zero-order chi connectivity index (χ0) is 27.2. The molecule has 3 aromatic rings. The van der Waals surface area contributed by atoms with Crippen molar-refractivity contribution in [2.24, 2.45) is 0 Å². The van der Waals surface area contributed by atoms with Crippen molar-refractivity contribution < 1.29 is 36.6 Å². The van der Waals surface area contributed by atoms with Gasteiger partial charge in [0.1, 0.15) is 28.9 Å². The number of carbonyl (C=O) groups is 2. The summed E-state index contributed by atoms with van der Waals surface area (Å²) in [5.41, 5.74) is -2.66. The Hall–Kier alpha value is -3.58. The zero-order valence-corrected chi connectivity index (χ0v) is 19.7. The van der Waals surface area contributed by atoms with E-state index in [9.17, 15) is 41.4 Å². The van der Waals surface area contributed by atoms with Gasteiger partial charge in [0.25, 0.3) is 5.91 Å². The Morgan fingerprint density at radius 3 is 2.54 bits per heavy atom. The number of nitrogens with one attached hydrogen (secondary N) is 1. The first-order valence-corrected chi connectivity index (χ1v) is 11.3. The molecule has 0 aliphatic carbocycles. The van der Waals surface area contributed by atoms with E-state index in [1.54, 1.807) is 5.32 Å². The monoisotopic (exact) mass is 544 g/mol. The molecule has 1 aromatic carbocycles. The van der Waals surface area contributed by atoms with Crippen molar-refractivity contribution in [2.45, 2.75) is 38.1 Å². The first-order chi connectivity index (χ1) is 17.3. The average molecular weight is 545 g/mol. The Kier molecular flexibility index (Phi) is 6.95. The molecule has 2 aromatic heterocycles. The first kappa shape index (κ1) is 26.5. The second-order valence-electron chi connectivity index (χ2n) is 8.34. The summed E-state index contributed by atoms with van der Waals surface area (Å²) >= 11 is 6.06. The lowest BCUT2D eigenvalue weighted by Gasteiger charge is -2.21. The van der Waals surface area contributed by atoms with Gasteiger partial charge in [-0.2, -0.15) is 13.2 Å². The van der Waals surface area contributed by atoms with Crippen LogP contribution in [0.15, 0.2) is 35.3 Å². The van der Waals surface area contributed by atoms with E-state index in [1.807, 2.05) is 0 Å². The van der Waals surface area contributed by atoms with Crippen molar-refractivity contribution in [1.29, 1.82) is 0 Å². The number of nitrogens with zero attached hydrogens (tertiary/aromatic N) is 3. The molecular formula is C23H18ClF5N4O4. The third kappa shape index (κ3) is 5.01. The number of benzene rings is 1. The summed E-state index contributed by atoms with van der Waals surface area (Å²) in [5, 5.41) is 10.7. The number of rotatable bonds is 5. The van der Waals surface area contributed by atoms with Gasteiger partial charge in [0, 0.05) is 12.3 Å². The maximum atomic E-state index is 14.9. The van der Waals surface area contributed by atoms with Crippen LogP contribution in [-0.2, 0) is 4.79 Å². The number of hydrogen-bond acceptors (Lipinski definition) is 5. The maximum Gasteiger partial charge on any atom is 0.408 e. The molecule has 1 saturated heterocycles. The number of anilines is 1. The molecule has 0 bridgehead atoms. The number of aliphatic hydroxyl groups excluding tert-OH is 1. The van der Waals surface area contributed by atoms with Crippen molar-refractivity contribution in [3.8, 4) is 5.69 Å². The van der Waals surface area contributed by atoms with E-state index in [4.69, 9.17) is 11.6 Å². The van der Waals surface area contributed by atoms with Gasteiger partial charge in [0.15, 0.2) is 11.5 Å². The molecule has 4 rings (SSSR count). The van der Waals surface area contributed by atoms with Crippen LogP contribution in [0.3, 0.4) is 0 Å². The number of hydrogen-bond donors (Lipinski definition) is 2. The molecule has 2 atom stereocenters. The third-order valence-electron chi connectivity index (χ3n) is 5.79. The molecule has 1 fully saturated rings. The van der Waals surface area contributed by atoms with Crippen LogP contribution in [0.2, 0.25) is 5.02 Å². The standard InChI is InChI=1S/C23H18ClF5N4O4/c1-2-16(23(27,28)29)30-22(37)13-9-33(19-14(24)5-10(25)6-15(19)26)21-12(20(13)36)3-4-17(31-21)32-8-11(34)7-18(32)35/h3-6,9,11,16,34H,2,7-8H2,1H3,(H,30,37)/t11-,16?/m0/s1. The molecule has 1 aliphatic rings. The number of alkyl halides is 3. The SMILES string of the molecule is CCC(NC(=O)c1cn(-c2c(F)cc(F)cc2Cl)c2nc(N3C[C@@H](O)CC3=O)ccc2c1=O)C(F)(F)F. The van der Waals surface area contributed by atoms with Crippen LogP contribution in [0.1, 0.15) is 30.1 Å². The third-order valence-corrected chi connectivity index (χ3v) is 6.08. The first-order valence-electron chi connectivity index (χ1n) is 10.9. The lowest BCUT2D eigenvalue weighted by atomic mass is 10.1. The van der Waals surface area contributed by atoms with E-state index in [1.165, 1.54) is 13.0 Å². The van der Waals surface area contributed by atoms with E-state index >= 15 is 0 Å². The Balaban J connectivity index is 1.96. The number of fused-ring (bicyclic) bond motifs is 1. The summed E-state index contributed by atoms with van der Waals surface area (Å²) in [6.45, 7) is 1.08. The second-order valence-corrected chi connectivity index (χ2v) is 8.75. The fourth-order valence-electron chi connectivity index (χ4n) is 4.00. The van der Waals surface area contributed by atoms with Gasteiger partial charge in [-0.25, -0.2) is 13.8 Å². The molecule has 0 saturated carbocycles. The molecule has 37 heavy (non-hydrogen) atoms. The molecule has 1 unspecified atom stereocenters. The fraction of sp³-hybridized carbons (Fsp3) is 0.304. The van der Waals surface area contributed by atoms with Crippen LogP contribution in [0.5, 0.6) is 0 Å². The van der Waals surface area contributed by atoms with E-state index in [2.05, 4.69) is 4.98 Å². The molecular weight excluding hydrogens is 527 g/mol.